The van der Waals surface area contributed by atoms with Crippen molar-refractivity contribution in [1.29, 1.82) is 0 Å². The highest BCUT2D eigenvalue weighted by atomic mass is 16.5. The van der Waals surface area contributed by atoms with Gasteiger partial charge in [-0.25, -0.2) is 14.0 Å². The molecule has 9 nitrogen and oxygen atoms in total. The second-order valence-corrected chi connectivity index (χ2v) is 10.9. The number of piperazine rings is 1. The van der Waals surface area contributed by atoms with E-state index in [1.807, 2.05) is 54.6 Å². The second kappa shape index (κ2) is 13.8. The number of likely N-dealkylation sites (N-methyl/N-ethyl adjacent to an activating group) is 1. The van der Waals surface area contributed by atoms with Crippen molar-refractivity contribution >= 4 is 5.69 Å². The van der Waals surface area contributed by atoms with E-state index in [2.05, 4.69) is 32.2 Å². The van der Waals surface area contributed by atoms with Gasteiger partial charge in [-0.3, -0.25) is 4.90 Å². The number of para-hydroxylation sites is 1. The summed E-state index contributed by atoms with van der Waals surface area (Å²) in [4.78, 5) is 20.4. The molecule has 2 aliphatic rings. The van der Waals surface area contributed by atoms with Crippen LogP contribution in [0.15, 0.2) is 65.7 Å². The topological polar surface area (TPSA) is 70.8 Å². The summed E-state index contributed by atoms with van der Waals surface area (Å²) in [5, 5.41) is 7.94. The molecule has 0 bridgehead atoms. The molecule has 2 saturated heterocycles. The maximum absolute atomic E-state index is 13.1. The lowest BCUT2D eigenvalue weighted by Crippen LogP contribution is -2.44. The molecule has 1 N–H and O–H groups in total. The van der Waals surface area contributed by atoms with Crippen LogP contribution in [0.25, 0.3) is 5.69 Å². The fourth-order valence-electron chi connectivity index (χ4n) is 5.43. The Bertz CT molecular complexity index is 1180. The van der Waals surface area contributed by atoms with Crippen molar-refractivity contribution in [2.75, 3.05) is 77.9 Å². The molecule has 0 saturated carbocycles. The predicted molar refractivity (Wildman–Crippen MR) is 156 cm³/mol. The Hall–Kier alpha value is -3.14. The number of ether oxygens (including phenoxy) is 1. The summed E-state index contributed by atoms with van der Waals surface area (Å²) in [5.74, 6) is 1.39. The minimum absolute atomic E-state index is 0.0680. The van der Waals surface area contributed by atoms with Crippen LogP contribution in [-0.2, 0) is 6.54 Å². The van der Waals surface area contributed by atoms with Crippen molar-refractivity contribution in [3.8, 4) is 11.4 Å². The number of piperidine rings is 1. The highest BCUT2D eigenvalue weighted by molar-refractivity contribution is 5.48. The van der Waals surface area contributed by atoms with Gasteiger partial charge >= 0.3 is 5.69 Å². The van der Waals surface area contributed by atoms with Crippen molar-refractivity contribution in [2.45, 2.75) is 25.8 Å². The van der Waals surface area contributed by atoms with E-state index in [-0.39, 0.29) is 5.69 Å². The Morgan fingerprint density at radius 2 is 1.62 bits per heavy atom. The van der Waals surface area contributed by atoms with Crippen LogP contribution in [-0.4, -0.2) is 102 Å². The Morgan fingerprint density at radius 3 is 2.36 bits per heavy atom. The van der Waals surface area contributed by atoms with Crippen LogP contribution in [0.2, 0.25) is 0 Å². The average molecular weight is 534 g/mol. The molecule has 2 aromatic carbocycles. The maximum atomic E-state index is 13.1. The monoisotopic (exact) mass is 533 g/mol. The molecular weight excluding hydrogens is 490 g/mol. The zero-order valence-electron chi connectivity index (χ0n) is 23.3. The average Bonchev–Trinajstić information content (AvgIpc) is 3.33. The Balaban J connectivity index is 1.03. The molecule has 0 spiro atoms. The van der Waals surface area contributed by atoms with Crippen LogP contribution in [0.4, 0.5) is 5.69 Å². The number of nitrogens with zero attached hydrogens (tertiary/aromatic N) is 6. The lowest BCUT2D eigenvalue weighted by molar-refractivity contribution is 0.145. The Kier molecular flexibility index (Phi) is 9.69. The highest BCUT2D eigenvalue weighted by Crippen LogP contribution is 2.19. The van der Waals surface area contributed by atoms with E-state index in [1.54, 1.807) is 15.6 Å². The lowest BCUT2D eigenvalue weighted by Gasteiger charge is -2.32. The number of nitrogens with one attached hydrogen (secondary N) is 1. The van der Waals surface area contributed by atoms with Gasteiger partial charge in [-0.05, 0) is 88.3 Å². The van der Waals surface area contributed by atoms with E-state index in [4.69, 9.17) is 4.74 Å². The standard InChI is InChI=1S/C30H43N7O2/c1-33-18-20-34(21-19-33)15-5-14-31-27-8-10-28(11-9-27)36-25-32-37(30(36)38)24-26-12-16-35(17-13-26)22-23-39-29-6-3-2-4-7-29/h2-4,6-11,25-26,31H,5,12-24H2,1H3. The molecule has 39 heavy (non-hydrogen) atoms. The summed E-state index contributed by atoms with van der Waals surface area (Å²) >= 11 is 0. The Labute approximate surface area is 232 Å². The first-order chi connectivity index (χ1) is 19.1. The zero-order valence-corrected chi connectivity index (χ0v) is 23.3. The smallest absolute Gasteiger partial charge is 0.350 e. The molecule has 9 heteroatoms. The van der Waals surface area contributed by atoms with E-state index in [1.165, 1.54) is 0 Å². The zero-order chi connectivity index (χ0) is 26.9. The molecule has 210 valence electrons. The van der Waals surface area contributed by atoms with Gasteiger partial charge in [0.25, 0.3) is 0 Å². The molecule has 3 aromatic rings. The van der Waals surface area contributed by atoms with Crippen molar-refractivity contribution in [3.05, 3.63) is 71.4 Å². The number of hydrogen-bond acceptors (Lipinski definition) is 7. The number of anilines is 1. The second-order valence-electron chi connectivity index (χ2n) is 10.9. The first kappa shape index (κ1) is 27.4. The quantitative estimate of drug-likeness (QED) is 0.359. The SMILES string of the molecule is CN1CCN(CCCNc2ccc(-n3cnn(CC4CCN(CCOc5ccccc5)CC4)c3=O)cc2)CC1. The van der Waals surface area contributed by atoms with Gasteiger partial charge in [0, 0.05) is 51.5 Å². The fraction of sp³-hybridized carbons (Fsp3) is 0.533. The van der Waals surface area contributed by atoms with Crippen molar-refractivity contribution < 1.29 is 4.74 Å². The van der Waals surface area contributed by atoms with Gasteiger partial charge in [-0.2, -0.15) is 5.10 Å². The number of likely N-dealkylation sites (tertiary alicyclic amines) is 1. The van der Waals surface area contributed by atoms with Crippen LogP contribution in [0.3, 0.4) is 0 Å². The van der Waals surface area contributed by atoms with Crippen LogP contribution in [0.5, 0.6) is 5.75 Å². The number of aromatic nitrogens is 3. The minimum Gasteiger partial charge on any atom is -0.492 e. The molecule has 0 aliphatic carbocycles. The van der Waals surface area contributed by atoms with E-state index in [0.717, 1.165) is 95.3 Å². The number of rotatable bonds is 12. The molecule has 0 unspecified atom stereocenters. The third kappa shape index (κ3) is 7.94. The van der Waals surface area contributed by atoms with Gasteiger partial charge in [0.05, 0.1) is 5.69 Å². The largest absolute Gasteiger partial charge is 0.492 e. The van der Waals surface area contributed by atoms with Crippen molar-refractivity contribution in [2.24, 2.45) is 5.92 Å². The molecule has 1 aromatic heterocycles. The molecule has 5 rings (SSSR count). The van der Waals surface area contributed by atoms with Gasteiger partial charge in [0.1, 0.15) is 18.7 Å². The van der Waals surface area contributed by atoms with Gasteiger partial charge in [0.15, 0.2) is 0 Å². The summed E-state index contributed by atoms with van der Waals surface area (Å²) in [6.07, 6.45) is 4.91. The van der Waals surface area contributed by atoms with Gasteiger partial charge in [-0.1, -0.05) is 18.2 Å². The summed E-state index contributed by atoms with van der Waals surface area (Å²) in [7, 11) is 2.19. The van der Waals surface area contributed by atoms with Crippen LogP contribution >= 0.6 is 0 Å². The first-order valence-electron chi connectivity index (χ1n) is 14.4. The van der Waals surface area contributed by atoms with Crippen LogP contribution in [0.1, 0.15) is 19.3 Å². The van der Waals surface area contributed by atoms with Crippen molar-refractivity contribution in [3.63, 3.8) is 0 Å². The normalized spacial score (nSPS) is 17.9. The molecule has 2 aliphatic heterocycles. The molecule has 3 heterocycles. The fourth-order valence-corrected chi connectivity index (χ4v) is 5.43. The Morgan fingerprint density at radius 1 is 0.897 bits per heavy atom. The van der Waals surface area contributed by atoms with Crippen molar-refractivity contribution in [1.82, 2.24) is 29.0 Å². The van der Waals surface area contributed by atoms with Crippen LogP contribution in [0, 0.1) is 5.92 Å². The summed E-state index contributed by atoms with van der Waals surface area (Å²) < 4.78 is 9.12. The maximum Gasteiger partial charge on any atom is 0.350 e. The molecule has 0 atom stereocenters. The van der Waals surface area contributed by atoms with E-state index in [9.17, 15) is 4.79 Å². The predicted octanol–water partition coefficient (Wildman–Crippen LogP) is 2.87. The molecule has 0 amide bonds. The van der Waals surface area contributed by atoms with Gasteiger partial charge < -0.3 is 19.9 Å². The summed E-state index contributed by atoms with van der Waals surface area (Å²) in [6, 6.07) is 18.1. The van der Waals surface area contributed by atoms with Gasteiger partial charge in [-0.15, -0.1) is 0 Å². The van der Waals surface area contributed by atoms with E-state index in [0.29, 0.717) is 19.1 Å². The molecule has 2 fully saturated rings. The summed E-state index contributed by atoms with van der Waals surface area (Å²) in [6.45, 7) is 11.1. The molecular formula is C30H43N7O2. The molecule has 0 radical (unpaired) electrons. The van der Waals surface area contributed by atoms with Gasteiger partial charge in [0.2, 0.25) is 0 Å². The minimum atomic E-state index is -0.0680. The third-order valence-corrected chi connectivity index (χ3v) is 8.01. The van der Waals surface area contributed by atoms with Crippen LogP contribution < -0.4 is 15.7 Å². The van der Waals surface area contributed by atoms with E-state index >= 15 is 0 Å². The summed E-state index contributed by atoms with van der Waals surface area (Å²) in [5.41, 5.74) is 1.86. The first-order valence-corrected chi connectivity index (χ1v) is 14.4. The highest BCUT2D eigenvalue weighted by Gasteiger charge is 2.21. The number of benzene rings is 2. The van der Waals surface area contributed by atoms with E-state index < -0.39 is 0 Å². The lowest BCUT2D eigenvalue weighted by atomic mass is 9.97. The number of hydrogen-bond donors (Lipinski definition) is 1. The third-order valence-electron chi connectivity index (χ3n) is 8.01.